The van der Waals surface area contributed by atoms with Crippen LogP contribution in [0.4, 0.5) is 4.39 Å². The van der Waals surface area contributed by atoms with E-state index in [9.17, 15) is 4.39 Å². The fourth-order valence-corrected chi connectivity index (χ4v) is 2.89. The van der Waals surface area contributed by atoms with Crippen LogP contribution in [0, 0.1) is 5.82 Å². The van der Waals surface area contributed by atoms with Crippen molar-refractivity contribution in [1.82, 2.24) is 9.55 Å². The molecule has 0 aliphatic rings. The van der Waals surface area contributed by atoms with E-state index in [-0.39, 0.29) is 11.7 Å². The fraction of sp³-hybridized carbons (Fsp3) is 0.188. The summed E-state index contributed by atoms with van der Waals surface area (Å²) in [6.07, 6.45) is 0.981. The lowest BCUT2D eigenvalue weighted by molar-refractivity contribution is 0.622. The standard InChI is InChI=1S/C16H13BrClFN2/c1-2-10-3-5-11(6-4-10)21-15-8-13(19)12(17)7-14(15)20-16(21)9-18/h3-8H,2,9H2,1H3. The van der Waals surface area contributed by atoms with Gasteiger partial charge in [0, 0.05) is 11.8 Å². The predicted octanol–water partition coefficient (Wildman–Crippen LogP) is 5.23. The topological polar surface area (TPSA) is 17.8 Å². The minimum absolute atomic E-state index is 0.267. The molecule has 2 nitrogen and oxygen atoms in total. The van der Waals surface area contributed by atoms with E-state index >= 15 is 0 Å². The Bertz CT molecular complexity index is 796. The van der Waals surface area contributed by atoms with Crippen LogP contribution in [0.3, 0.4) is 0 Å². The number of aryl methyl sites for hydroxylation is 1. The summed E-state index contributed by atoms with van der Waals surface area (Å²) in [6, 6.07) is 11.3. The molecule has 3 rings (SSSR count). The Kier molecular flexibility index (Phi) is 4.00. The highest BCUT2D eigenvalue weighted by molar-refractivity contribution is 9.10. The molecule has 0 aliphatic carbocycles. The first-order valence-electron chi connectivity index (χ1n) is 6.65. The van der Waals surface area contributed by atoms with Crippen molar-refractivity contribution in [1.29, 1.82) is 0 Å². The molecule has 2 aromatic carbocycles. The number of hydrogen-bond acceptors (Lipinski definition) is 1. The van der Waals surface area contributed by atoms with E-state index in [1.807, 2.05) is 16.7 Å². The van der Waals surface area contributed by atoms with Crippen LogP contribution in [0.15, 0.2) is 40.9 Å². The van der Waals surface area contributed by atoms with E-state index in [4.69, 9.17) is 11.6 Å². The molecule has 0 saturated heterocycles. The largest absolute Gasteiger partial charge is 0.295 e. The SMILES string of the molecule is CCc1ccc(-n2c(CCl)nc3cc(Br)c(F)cc32)cc1. The zero-order valence-electron chi connectivity index (χ0n) is 11.4. The monoisotopic (exact) mass is 366 g/mol. The molecule has 0 radical (unpaired) electrons. The number of halogens is 3. The highest BCUT2D eigenvalue weighted by Crippen LogP contribution is 2.27. The first-order valence-corrected chi connectivity index (χ1v) is 7.98. The van der Waals surface area contributed by atoms with Gasteiger partial charge in [-0.15, -0.1) is 11.6 Å². The number of benzene rings is 2. The lowest BCUT2D eigenvalue weighted by atomic mass is 10.1. The van der Waals surface area contributed by atoms with E-state index in [2.05, 4.69) is 40.0 Å². The number of aromatic nitrogens is 2. The van der Waals surface area contributed by atoms with Crippen LogP contribution in [0.1, 0.15) is 18.3 Å². The Morgan fingerprint density at radius 1 is 1.24 bits per heavy atom. The molecule has 0 unspecified atom stereocenters. The van der Waals surface area contributed by atoms with Gasteiger partial charge in [0.05, 0.1) is 21.4 Å². The fourth-order valence-electron chi connectivity index (χ4n) is 2.38. The second kappa shape index (κ2) is 5.78. The maximum absolute atomic E-state index is 13.9. The van der Waals surface area contributed by atoms with Gasteiger partial charge in [-0.05, 0) is 46.1 Å². The van der Waals surface area contributed by atoms with Gasteiger partial charge in [-0.2, -0.15) is 0 Å². The van der Waals surface area contributed by atoms with Crippen LogP contribution in [0.2, 0.25) is 0 Å². The average Bonchev–Trinajstić information content (AvgIpc) is 2.85. The lowest BCUT2D eigenvalue weighted by Crippen LogP contribution is -1.99. The molecule has 0 spiro atoms. The second-order valence-electron chi connectivity index (χ2n) is 4.77. The van der Waals surface area contributed by atoms with Crippen LogP contribution < -0.4 is 0 Å². The summed E-state index contributed by atoms with van der Waals surface area (Å²) < 4.78 is 16.2. The Balaban J connectivity index is 2.25. The lowest BCUT2D eigenvalue weighted by Gasteiger charge is -2.09. The van der Waals surface area contributed by atoms with Crippen LogP contribution in [-0.2, 0) is 12.3 Å². The maximum atomic E-state index is 13.9. The minimum atomic E-state index is -0.310. The second-order valence-corrected chi connectivity index (χ2v) is 5.89. The minimum Gasteiger partial charge on any atom is -0.295 e. The maximum Gasteiger partial charge on any atom is 0.139 e. The molecule has 0 N–H and O–H groups in total. The number of hydrogen-bond donors (Lipinski definition) is 0. The van der Waals surface area contributed by atoms with Gasteiger partial charge >= 0.3 is 0 Å². The van der Waals surface area contributed by atoms with Gasteiger partial charge in [-0.25, -0.2) is 9.37 Å². The molecule has 0 bridgehead atoms. The number of fused-ring (bicyclic) bond motifs is 1. The van der Waals surface area contributed by atoms with Gasteiger partial charge in [-0.3, -0.25) is 4.57 Å². The first-order chi connectivity index (χ1) is 10.1. The van der Waals surface area contributed by atoms with Crippen molar-refractivity contribution in [2.24, 2.45) is 0 Å². The third-order valence-corrected chi connectivity index (χ3v) is 4.34. The summed E-state index contributed by atoms with van der Waals surface area (Å²) in [4.78, 5) is 4.49. The van der Waals surface area contributed by atoms with Crippen molar-refractivity contribution in [3.63, 3.8) is 0 Å². The summed E-state index contributed by atoms with van der Waals surface area (Å²) in [6.45, 7) is 2.11. The molecule has 1 heterocycles. The summed E-state index contributed by atoms with van der Waals surface area (Å²) in [5.74, 6) is 0.659. The zero-order valence-corrected chi connectivity index (χ0v) is 13.7. The van der Waals surface area contributed by atoms with Crippen molar-refractivity contribution in [3.8, 4) is 5.69 Å². The molecular formula is C16H13BrClFN2. The molecule has 21 heavy (non-hydrogen) atoms. The third-order valence-electron chi connectivity index (χ3n) is 3.49. The van der Waals surface area contributed by atoms with Gasteiger partial charge in [0.15, 0.2) is 0 Å². The Morgan fingerprint density at radius 3 is 2.57 bits per heavy atom. The van der Waals surface area contributed by atoms with Crippen LogP contribution in [-0.4, -0.2) is 9.55 Å². The first kappa shape index (κ1) is 14.5. The Hall–Kier alpha value is -1.39. The van der Waals surface area contributed by atoms with Gasteiger partial charge in [0.1, 0.15) is 11.6 Å². The Labute approximate surface area is 135 Å². The number of nitrogens with zero attached hydrogens (tertiary/aromatic N) is 2. The van der Waals surface area contributed by atoms with E-state index < -0.39 is 0 Å². The van der Waals surface area contributed by atoms with Crippen molar-refractivity contribution >= 4 is 38.6 Å². The molecule has 3 aromatic rings. The van der Waals surface area contributed by atoms with Crippen LogP contribution >= 0.6 is 27.5 Å². The average molecular weight is 368 g/mol. The van der Waals surface area contributed by atoms with Gasteiger partial charge < -0.3 is 0 Å². The Morgan fingerprint density at radius 2 is 1.95 bits per heavy atom. The predicted molar refractivity (Wildman–Crippen MR) is 87.7 cm³/mol. The molecule has 0 saturated carbocycles. The molecule has 108 valence electrons. The molecule has 5 heteroatoms. The summed E-state index contributed by atoms with van der Waals surface area (Å²) in [7, 11) is 0. The summed E-state index contributed by atoms with van der Waals surface area (Å²) in [5.41, 5.74) is 3.63. The molecule has 0 fully saturated rings. The quantitative estimate of drug-likeness (QED) is 0.580. The van der Waals surface area contributed by atoms with E-state index in [0.29, 0.717) is 10.3 Å². The molecule has 0 atom stereocenters. The molecule has 0 amide bonds. The van der Waals surface area contributed by atoms with Gasteiger partial charge in [0.25, 0.3) is 0 Å². The van der Waals surface area contributed by atoms with Crippen LogP contribution in [0.5, 0.6) is 0 Å². The van der Waals surface area contributed by atoms with E-state index in [1.165, 1.54) is 11.6 Å². The third kappa shape index (κ3) is 2.58. The number of imidazole rings is 1. The highest BCUT2D eigenvalue weighted by Gasteiger charge is 2.14. The van der Waals surface area contributed by atoms with Crippen molar-refractivity contribution in [2.45, 2.75) is 19.2 Å². The molecule has 1 aromatic heterocycles. The molecular weight excluding hydrogens is 355 g/mol. The smallest absolute Gasteiger partial charge is 0.139 e. The van der Waals surface area contributed by atoms with Crippen molar-refractivity contribution in [2.75, 3.05) is 0 Å². The molecule has 0 aliphatic heterocycles. The van der Waals surface area contributed by atoms with Crippen LogP contribution in [0.25, 0.3) is 16.7 Å². The number of alkyl halides is 1. The highest BCUT2D eigenvalue weighted by atomic mass is 79.9. The van der Waals surface area contributed by atoms with Crippen molar-refractivity contribution in [3.05, 3.63) is 58.1 Å². The normalized spacial score (nSPS) is 11.2. The van der Waals surface area contributed by atoms with E-state index in [1.54, 1.807) is 6.07 Å². The summed E-state index contributed by atoms with van der Waals surface area (Å²) in [5, 5.41) is 0. The van der Waals surface area contributed by atoms with Crippen molar-refractivity contribution < 1.29 is 4.39 Å². The summed E-state index contributed by atoms with van der Waals surface area (Å²) >= 11 is 9.19. The zero-order chi connectivity index (χ0) is 15.0. The van der Waals surface area contributed by atoms with Gasteiger partial charge in [0.2, 0.25) is 0 Å². The number of rotatable bonds is 3. The van der Waals surface area contributed by atoms with Gasteiger partial charge in [-0.1, -0.05) is 19.1 Å². The van der Waals surface area contributed by atoms with E-state index in [0.717, 1.165) is 23.1 Å².